The Morgan fingerprint density at radius 1 is 1.06 bits per heavy atom. The molecular formula is C23H21N3O6. The van der Waals surface area contributed by atoms with Crippen molar-refractivity contribution in [1.29, 1.82) is 0 Å². The predicted molar refractivity (Wildman–Crippen MR) is 115 cm³/mol. The Morgan fingerprint density at radius 2 is 1.81 bits per heavy atom. The normalized spacial score (nSPS) is 13.2. The minimum absolute atomic E-state index is 0.0699. The van der Waals surface area contributed by atoms with E-state index in [4.69, 9.17) is 14.2 Å². The first-order chi connectivity index (χ1) is 15.5. The van der Waals surface area contributed by atoms with Crippen LogP contribution in [0.25, 0.3) is 0 Å². The maximum Gasteiger partial charge on any atom is 0.359 e. The van der Waals surface area contributed by atoms with Gasteiger partial charge in [-0.25, -0.2) is 9.48 Å². The van der Waals surface area contributed by atoms with E-state index in [-0.39, 0.29) is 17.8 Å². The molecule has 0 saturated carbocycles. The first kappa shape index (κ1) is 21.1. The molecule has 1 N–H and O–H groups in total. The highest BCUT2D eigenvalue weighted by molar-refractivity contribution is 5.97. The van der Waals surface area contributed by atoms with E-state index in [1.54, 1.807) is 18.2 Å². The Kier molecular flexibility index (Phi) is 6.16. The van der Waals surface area contributed by atoms with Crippen LogP contribution in [0, 0.1) is 0 Å². The van der Waals surface area contributed by atoms with Crippen LogP contribution < -0.4 is 20.3 Å². The van der Waals surface area contributed by atoms with Crippen molar-refractivity contribution in [3.8, 4) is 11.5 Å². The number of amides is 1. The molecule has 9 heteroatoms. The van der Waals surface area contributed by atoms with Gasteiger partial charge in [0.15, 0.2) is 23.3 Å². The van der Waals surface area contributed by atoms with Gasteiger partial charge in [-0.1, -0.05) is 30.3 Å². The topological polar surface area (TPSA) is 109 Å². The zero-order valence-corrected chi connectivity index (χ0v) is 17.3. The molecule has 0 fully saturated rings. The number of ether oxygens (including phenoxy) is 3. The summed E-state index contributed by atoms with van der Waals surface area (Å²) in [6.45, 7) is 2.56. The smallest absolute Gasteiger partial charge is 0.359 e. The highest BCUT2D eigenvalue weighted by Crippen LogP contribution is 2.32. The lowest BCUT2D eigenvalue weighted by atomic mass is 10.2. The molecule has 1 aromatic heterocycles. The van der Waals surface area contributed by atoms with Gasteiger partial charge in [0.05, 0.1) is 6.54 Å². The summed E-state index contributed by atoms with van der Waals surface area (Å²) in [5.74, 6) is -0.196. The molecule has 0 aliphatic carbocycles. The van der Waals surface area contributed by atoms with Gasteiger partial charge in [-0.15, -0.1) is 0 Å². The SMILES string of the molecule is C[C@H](OC(=O)c1ccc(=O)n(Cc2ccccc2)n1)C(=O)Nc1ccc2c(c1)OCCO2. The average Bonchev–Trinajstić information content (AvgIpc) is 2.81. The summed E-state index contributed by atoms with van der Waals surface area (Å²) in [5, 5.41) is 6.75. The number of benzene rings is 2. The zero-order chi connectivity index (χ0) is 22.5. The molecule has 1 aliphatic heterocycles. The van der Waals surface area contributed by atoms with Crippen LogP contribution in [0.2, 0.25) is 0 Å². The second kappa shape index (κ2) is 9.34. The average molecular weight is 435 g/mol. The van der Waals surface area contributed by atoms with E-state index in [0.29, 0.717) is 30.4 Å². The van der Waals surface area contributed by atoms with Crippen molar-refractivity contribution in [1.82, 2.24) is 9.78 Å². The summed E-state index contributed by atoms with van der Waals surface area (Å²) < 4.78 is 17.4. The molecular weight excluding hydrogens is 414 g/mol. The highest BCUT2D eigenvalue weighted by atomic mass is 16.6. The molecule has 0 saturated heterocycles. The third-order valence-corrected chi connectivity index (χ3v) is 4.71. The van der Waals surface area contributed by atoms with Gasteiger partial charge in [-0.05, 0) is 30.7 Å². The first-order valence-corrected chi connectivity index (χ1v) is 10.0. The number of rotatable bonds is 6. The molecule has 2 heterocycles. The number of carbonyl (C=O) groups is 2. The molecule has 1 amide bonds. The van der Waals surface area contributed by atoms with Crippen LogP contribution in [0.3, 0.4) is 0 Å². The molecule has 164 valence electrons. The number of carbonyl (C=O) groups excluding carboxylic acids is 2. The van der Waals surface area contributed by atoms with Crippen LogP contribution in [-0.4, -0.2) is 41.0 Å². The monoisotopic (exact) mass is 435 g/mol. The second-order valence-electron chi connectivity index (χ2n) is 7.10. The number of esters is 1. The molecule has 32 heavy (non-hydrogen) atoms. The summed E-state index contributed by atoms with van der Waals surface area (Å²) in [6.07, 6.45) is -1.09. The number of anilines is 1. The van der Waals surface area contributed by atoms with E-state index in [2.05, 4.69) is 10.4 Å². The van der Waals surface area contributed by atoms with Crippen molar-refractivity contribution in [2.24, 2.45) is 0 Å². The van der Waals surface area contributed by atoms with Gasteiger partial charge in [-0.2, -0.15) is 5.10 Å². The fourth-order valence-corrected chi connectivity index (χ4v) is 3.07. The molecule has 4 rings (SSSR count). The third-order valence-electron chi connectivity index (χ3n) is 4.71. The largest absolute Gasteiger partial charge is 0.486 e. The van der Waals surface area contributed by atoms with Crippen LogP contribution in [0.5, 0.6) is 11.5 Å². The third kappa shape index (κ3) is 4.94. The van der Waals surface area contributed by atoms with Crippen molar-refractivity contribution < 1.29 is 23.8 Å². The summed E-state index contributed by atoms with van der Waals surface area (Å²) >= 11 is 0. The minimum atomic E-state index is -1.09. The number of hydrogen-bond acceptors (Lipinski definition) is 7. The van der Waals surface area contributed by atoms with E-state index in [9.17, 15) is 14.4 Å². The Bertz CT molecular complexity index is 1190. The Balaban J connectivity index is 1.40. The lowest BCUT2D eigenvalue weighted by Gasteiger charge is -2.19. The number of fused-ring (bicyclic) bond motifs is 1. The Morgan fingerprint density at radius 3 is 2.59 bits per heavy atom. The lowest BCUT2D eigenvalue weighted by Crippen LogP contribution is -2.31. The molecule has 3 aromatic rings. The summed E-state index contributed by atoms with van der Waals surface area (Å²) in [5.41, 5.74) is 0.922. The van der Waals surface area contributed by atoms with Crippen molar-refractivity contribution in [3.63, 3.8) is 0 Å². The summed E-state index contributed by atoms with van der Waals surface area (Å²) in [4.78, 5) is 37.1. The molecule has 0 bridgehead atoms. The number of aromatic nitrogens is 2. The Labute approximate surface area is 183 Å². The fraction of sp³-hybridized carbons (Fsp3) is 0.217. The van der Waals surface area contributed by atoms with E-state index < -0.39 is 18.0 Å². The summed E-state index contributed by atoms with van der Waals surface area (Å²) in [7, 11) is 0. The van der Waals surface area contributed by atoms with Crippen molar-refractivity contribution in [2.75, 3.05) is 18.5 Å². The van der Waals surface area contributed by atoms with Gasteiger partial charge in [0, 0.05) is 17.8 Å². The molecule has 1 aliphatic rings. The van der Waals surface area contributed by atoms with Gasteiger partial charge in [0.25, 0.3) is 11.5 Å². The van der Waals surface area contributed by atoms with Crippen molar-refractivity contribution >= 4 is 17.6 Å². The van der Waals surface area contributed by atoms with Crippen LogP contribution in [0.15, 0.2) is 65.5 Å². The van der Waals surface area contributed by atoms with Gasteiger partial charge in [0.1, 0.15) is 13.2 Å². The van der Waals surface area contributed by atoms with E-state index in [0.717, 1.165) is 5.56 Å². The quantitative estimate of drug-likeness (QED) is 0.592. The zero-order valence-electron chi connectivity index (χ0n) is 17.3. The van der Waals surface area contributed by atoms with Gasteiger partial charge >= 0.3 is 5.97 Å². The standard InChI is InChI=1S/C23H21N3O6/c1-15(22(28)24-17-7-9-19-20(13-17)31-12-11-30-19)32-23(29)18-8-10-21(27)26(25-18)14-16-5-3-2-4-6-16/h2-10,13,15H,11-12,14H2,1H3,(H,24,28)/t15-/m0/s1. The molecule has 0 spiro atoms. The predicted octanol–water partition coefficient (Wildman–Crippen LogP) is 2.25. The second-order valence-corrected chi connectivity index (χ2v) is 7.10. The molecule has 9 nitrogen and oxygen atoms in total. The van der Waals surface area contributed by atoms with Crippen LogP contribution in [-0.2, 0) is 16.1 Å². The van der Waals surface area contributed by atoms with Crippen LogP contribution in [0.1, 0.15) is 23.0 Å². The van der Waals surface area contributed by atoms with Gasteiger partial charge < -0.3 is 19.5 Å². The van der Waals surface area contributed by atoms with Gasteiger partial charge in [0.2, 0.25) is 0 Å². The highest BCUT2D eigenvalue weighted by Gasteiger charge is 2.21. The maximum atomic E-state index is 12.5. The molecule has 0 radical (unpaired) electrons. The number of nitrogens with one attached hydrogen (secondary N) is 1. The number of hydrogen-bond donors (Lipinski definition) is 1. The number of nitrogens with zero attached hydrogens (tertiary/aromatic N) is 2. The molecule has 2 aromatic carbocycles. The molecule has 1 atom stereocenters. The summed E-state index contributed by atoms with van der Waals surface area (Å²) in [6, 6.07) is 16.8. The van der Waals surface area contributed by atoms with Crippen molar-refractivity contribution in [2.45, 2.75) is 19.6 Å². The Hall–Kier alpha value is -4.14. The fourth-order valence-electron chi connectivity index (χ4n) is 3.07. The van der Waals surface area contributed by atoms with Crippen molar-refractivity contribution in [3.05, 3.63) is 82.3 Å². The van der Waals surface area contributed by atoms with Crippen LogP contribution >= 0.6 is 0 Å². The first-order valence-electron chi connectivity index (χ1n) is 10.0. The van der Waals surface area contributed by atoms with E-state index in [1.807, 2.05) is 30.3 Å². The minimum Gasteiger partial charge on any atom is -0.486 e. The van der Waals surface area contributed by atoms with Crippen LogP contribution in [0.4, 0.5) is 5.69 Å². The van der Waals surface area contributed by atoms with E-state index in [1.165, 1.54) is 23.7 Å². The van der Waals surface area contributed by atoms with Gasteiger partial charge in [-0.3, -0.25) is 9.59 Å². The molecule has 0 unspecified atom stereocenters. The maximum absolute atomic E-state index is 12.5. The van der Waals surface area contributed by atoms with E-state index >= 15 is 0 Å². The lowest BCUT2D eigenvalue weighted by molar-refractivity contribution is -0.123.